The lowest BCUT2D eigenvalue weighted by Crippen LogP contribution is -2.51. The van der Waals surface area contributed by atoms with Crippen LogP contribution in [0.2, 0.25) is 0 Å². The Balaban J connectivity index is 1.53. The Morgan fingerprint density at radius 3 is 2.61 bits per heavy atom. The Bertz CT molecular complexity index is 1190. The van der Waals surface area contributed by atoms with E-state index in [1.165, 1.54) is 18.7 Å². The first-order valence-electron chi connectivity index (χ1n) is 12.1. The van der Waals surface area contributed by atoms with Gasteiger partial charge < -0.3 is 19.9 Å². The molecule has 1 amide bonds. The molecule has 7 nitrogen and oxygen atoms in total. The fourth-order valence-electron chi connectivity index (χ4n) is 3.64. The highest BCUT2D eigenvalue weighted by Crippen LogP contribution is 2.37. The van der Waals surface area contributed by atoms with E-state index in [0.29, 0.717) is 17.7 Å². The van der Waals surface area contributed by atoms with E-state index in [1.54, 1.807) is 7.05 Å². The molecule has 166 valence electrons. The monoisotopic (exact) mass is 440 g/mol. The first kappa shape index (κ1) is 15.7. The lowest BCUT2D eigenvalue weighted by Gasteiger charge is -2.39. The van der Waals surface area contributed by atoms with Gasteiger partial charge in [0.1, 0.15) is 23.6 Å². The predicted octanol–water partition coefficient (Wildman–Crippen LogP) is 3.42. The number of ether oxygens (including phenoxy) is 1. The van der Waals surface area contributed by atoms with Crippen LogP contribution in [0.4, 0.5) is 30.6 Å². The smallest absolute Gasteiger partial charge is 0.249 e. The average molecular weight is 440 g/mol. The Hall–Kier alpha value is -3.04. The zero-order chi connectivity index (χ0) is 26.7. The third-order valence-electron chi connectivity index (χ3n) is 5.56. The van der Waals surface area contributed by atoms with E-state index in [2.05, 4.69) is 15.3 Å². The number of anilines is 3. The number of hydrogen-bond acceptors (Lipinski definition) is 6. The molecule has 4 rings (SSSR count). The van der Waals surface area contributed by atoms with Crippen molar-refractivity contribution in [1.29, 1.82) is 0 Å². The summed E-state index contributed by atoms with van der Waals surface area (Å²) in [6.07, 6.45) is 0.477. The highest BCUT2D eigenvalue weighted by molar-refractivity contribution is 6.05. The molecule has 10 heteroatoms. The van der Waals surface area contributed by atoms with Crippen molar-refractivity contribution in [3.8, 4) is 5.75 Å². The number of nitrogens with one attached hydrogen (secondary N) is 1. The SMILES string of the molecule is [2H]C([2H])([2H])C([2H])([2H])N1C(=O)[C@H](C)N(C)c2nc(NC3CC(Oc4cc(F)c(F)c(F)c4)C3)nc(C)c21. The van der Waals surface area contributed by atoms with Crippen LogP contribution < -0.4 is 19.9 Å². The van der Waals surface area contributed by atoms with Gasteiger partial charge in [0.05, 0.1) is 5.69 Å². The number of carbonyl (C=O) groups is 1. The third kappa shape index (κ3) is 3.75. The van der Waals surface area contributed by atoms with E-state index in [0.717, 1.165) is 12.1 Å². The Kier molecular flexibility index (Phi) is 4.00. The molecule has 2 heterocycles. The van der Waals surface area contributed by atoms with E-state index in [9.17, 15) is 18.0 Å². The van der Waals surface area contributed by atoms with Crippen LogP contribution in [0.3, 0.4) is 0 Å². The van der Waals surface area contributed by atoms with Crippen LogP contribution in [0.5, 0.6) is 5.75 Å². The maximum absolute atomic E-state index is 13.4. The van der Waals surface area contributed by atoms with Crippen LogP contribution in [-0.2, 0) is 4.79 Å². The number of nitrogens with zero attached hydrogens (tertiary/aromatic N) is 4. The first-order chi connectivity index (χ1) is 16.6. The number of fused-ring (bicyclic) bond motifs is 1. The maximum atomic E-state index is 13.4. The van der Waals surface area contributed by atoms with E-state index < -0.39 is 42.7 Å². The molecule has 1 aromatic heterocycles. The summed E-state index contributed by atoms with van der Waals surface area (Å²) in [7, 11) is 1.59. The Morgan fingerprint density at radius 1 is 1.29 bits per heavy atom. The standard InChI is InChI=1S/C21H24F3N5O2/c1-5-29-18-10(2)25-21(27-19(18)28(4)11(3)20(29)30)26-12-6-13(7-12)31-14-8-15(22)17(24)16(23)9-14/h8-9,11-13H,5-7H2,1-4H3,(H,25,26,27)/t11-,12?,13?/m0/s1/i1D3,5D2. The molecular formula is C21H24F3N5O2. The molecule has 0 spiro atoms. The van der Waals surface area contributed by atoms with Crippen LogP contribution in [-0.4, -0.2) is 47.6 Å². The van der Waals surface area contributed by atoms with Crippen LogP contribution in [0.15, 0.2) is 12.1 Å². The number of aryl methyl sites for hydroxylation is 1. The summed E-state index contributed by atoms with van der Waals surface area (Å²) >= 11 is 0. The molecule has 31 heavy (non-hydrogen) atoms. The predicted molar refractivity (Wildman–Crippen MR) is 110 cm³/mol. The van der Waals surface area contributed by atoms with Crippen molar-refractivity contribution >= 4 is 23.4 Å². The molecule has 0 radical (unpaired) electrons. The number of likely N-dealkylation sites (N-methyl/N-ethyl adjacent to an activating group) is 2. The van der Waals surface area contributed by atoms with Crippen LogP contribution >= 0.6 is 0 Å². The van der Waals surface area contributed by atoms with Gasteiger partial charge in [0.2, 0.25) is 11.9 Å². The lowest BCUT2D eigenvalue weighted by molar-refractivity contribution is -0.119. The number of aromatic nitrogens is 2. The number of halogens is 3. The summed E-state index contributed by atoms with van der Waals surface area (Å²) in [5.74, 6) is -4.74. The van der Waals surface area contributed by atoms with Crippen molar-refractivity contribution in [3.05, 3.63) is 35.3 Å². The van der Waals surface area contributed by atoms with E-state index in [-0.39, 0.29) is 41.0 Å². The van der Waals surface area contributed by atoms with Gasteiger partial charge >= 0.3 is 0 Å². The second kappa shape index (κ2) is 7.90. The van der Waals surface area contributed by atoms with Crippen molar-refractivity contribution in [2.75, 3.05) is 28.7 Å². The van der Waals surface area contributed by atoms with Crippen molar-refractivity contribution in [2.24, 2.45) is 0 Å². The zero-order valence-electron chi connectivity index (χ0n) is 22.0. The fourth-order valence-corrected chi connectivity index (χ4v) is 3.64. The minimum atomic E-state index is -3.11. The molecule has 1 N–H and O–H groups in total. The summed E-state index contributed by atoms with van der Waals surface area (Å²) in [5.41, 5.74) is 0.176. The van der Waals surface area contributed by atoms with Gasteiger partial charge in [-0.15, -0.1) is 0 Å². The lowest BCUT2D eigenvalue weighted by atomic mass is 9.89. The maximum Gasteiger partial charge on any atom is 0.249 e. The molecule has 1 saturated carbocycles. The van der Waals surface area contributed by atoms with E-state index >= 15 is 0 Å². The second-order valence-electron chi connectivity index (χ2n) is 7.63. The van der Waals surface area contributed by atoms with Crippen molar-refractivity contribution in [2.45, 2.75) is 51.7 Å². The number of amides is 1. The van der Waals surface area contributed by atoms with Gasteiger partial charge in [-0.1, -0.05) is 0 Å². The topological polar surface area (TPSA) is 70.6 Å². The molecule has 1 aliphatic heterocycles. The molecule has 2 aliphatic rings. The zero-order valence-corrected chi connectivity index (χ0v) is 17.0. The molecule has 1 aliphatic carbocycles. The Morgan fingerprint density at radius 2 is 1.97 bits per heavy atom. The van der Waals surface area contributed by atoms with Gasteiger partial charge in [-0.2, -0.15) is 4.98 Å². The van der Waals surface area contributed by atoms with Gasteiger partial charge in [-0.25, -0.2) is 18.2 Å². The van der Waals surface area contributed by atoms with E-state index in [4.69, 9.17) is 11.6 Å². The highest BCUT2D eigenvalue weighted by atomic mass is 19.2. The second-order valence-corrected chi connectivity index (χ2v) is 7.63. The molecule has 2 aromatic rings. The van der Waals surface area contributed by atoms with Gasteiger partial charge in [0.15, 0.2) is 23.3 Å². The van der Waals surface area contributed by atoms with Crippen LogP contribution in [0.1, 0.15) is 39.2 Å². The number of carbonyl (C=O) groups excluding carboxylic acids is 1. The average Bonchev–Trinajstić information content (AvgIpc) is 2.74. The van der Waals surface area contributed by atoms with Crippen molar-refractivity contribution in [3.63, 3.8) is 0 Å². The molecule has 0 unspecified atom stereocenters. The molecule has 0 bridgehead atoms. The van der Waals surface area contributed by atoms with Gasteiger partial charge in [-0.05, 0) is 20.7 Å². The van der Waals surface area contributed by atoms with Gasteiger partial charge in [0.25, 0.3) is 0 Å². The molecular weight excluding hydrogens is 411 g/mol. The van der Waals surface area contributed by atoms with E-state index in [1.807, 2.05) is 0 Å². The van der Waals surface area contributed by atoms with Crippen molar-refractivity contribution in [1.82, 2.24) is 9.97 Å². The fraction of sp³-hybridized carbons (Fsp3) is 0.476. The largest absolute Gasteiger partial charge is 0.490 e. The molecule has 1 fully saturated rings. The summed E-state index contributed by atoms with van der Waals surface area (Å²) in [4.78, 5) is 23.8. The minimum absolute atomic E-state index is 0.0255. The number of rotatable bonds is 5. The highest BCUT2D eigenvalue weighted by Gasteiger charge is 2.37. The van der Waals surface area contributed by atoms with Gasteiger partial charge in [-0.3, -0.25) is 4.79 Å². The summed E-state index contributed by atoms with van der Waals surface area (Å²) < 4.78 is 84.6. The summed E-state index contributed by atoms with van der Waals surface area (Å²) in [5, 5.41) is 3.10. The molecule has 0 saturated heterocycles. The molecule has 1 atom stereocenters. The number of hydrogen-bond donors (Lipinski definition) is 1. The normalized spacial score (nSPS) is 26.1. The third-order valence-corrected chi connectivity index (χ3v) is 5.56. The first-order valence-corrected chi connectivity index (χ1v) is 9.65. The van der Waals surface area contributed by atoms with Crippen LogP contribution in [0, 0.1) is 24.4 Å². The van der Waals surface area contributed by atoms with Crippen LogP contribution in [0.25, 0.3) is 0 Å². The van der Waals surface area contributed by atoms with Crippen molar-refractivity contribution < 1.29 is 29.6 Å². The number of benzene rings is 1. The quantitative estimate of drug-likeness (QED) is 0.719. The van der Waals surface area contributed by atoms with Gasteiger partial charge in [0, 0.05) is 51.4 Å². The Labute approximate surface area is 185 Å². The summed E-state index contributed by atoms with van der Waals surface area (Å²) in [6.45, 7) is -3.06. The minimum Gasteiger partial charge on any atom is -0.490 e. The summed E-state index contributed by atoms with van der Waals surface area (Å²) in [6, 6.07) is 0.504. The molecule has 1 aromatic carbocycles.